The number of pyridine rings is 1. The predicted molar refractivity (Wildman–Crippen MR) is 115 cm³/mol. The van der Waals surface area contributed by atoms with Crippen molar-refractivity contribution < 1.29 is 4.79 Å². The summed E-state index contributed by atoms with van der Waals surface area (Å²) >= 11 is 6.37. The second kappa shape index (κ2) is 8.72. The summed E-state index contributed by atoms with van der Waals surface area (Å²) < 4.78 is 0. The molecule has 1 N–H and O–H groups in total. The molecule has 2 aromatic carbocycles. The number of benzene rings is 2. The number of para-hydroxylation sites is 1. The summed E-state index contributed by atoms with van der Waals surface area (Å²) in [6.45, 7) is 3.80. The summed E-state index contributed by atoms with van der Waals surface area (Å²) in [6, 6.07) is 17.2. The first-order valence-corrected chi connectivity index (χ1v) is 10.3. The van der Waals surface area contributed by atoms with Crippen LogP contribution in [-0.2, 0) is 0 Å². The molecule has 0 aliphatic carbocycles. The van der Waals surface area contributed by atoms with Crippen LogP contribution in [0.15, 0.2) is 54.6 Å². The number of amides is 1. The van der Waals surface area contributed by atoms with Crippen molar-refractivity contribution in [2.45, 2.75) is 19.3 Å². The molecule has 4 nitrogen and oxygen atoms in total. The molecule has 0 bridgehead atoms. The van der Waals surface area contributed by atoms with Crippen LogP contribution in [0.1, 0.15) is 29.6 Å². The molecule has 1 saturated heterocycles. The highest BCUT2D eigenvalue weighted by Crippen LogP contribution is 2.29. The Labute approximate surface area is 170 Å². The van der Waals surface area contributed by atoms with Crippen LogP contribution < -0.4 is 5.32 Å². The summed E-state index contributed by atoms with van der Waals surface area (Å²) in [5.74, 6) is -0.0658. The number of nitrogens with zero attached hydrogens (tertiary/aromatic N) is 2. The summed E-state index contributed by atoms with van der Waals surface area (Å²) in [5.41, 5.74) is 2.98. The Hall–Kier alpha value is -2.43. The number of nitrogens with one attached hydrogen (secondary N) is 1. The van der Waals surface area contributed by atoms with Gasteiger partial charge in [0.25, 0.3) is 5.91 Å². The Morgan fingerprint density at radius 2 is 1.79 bits per heavy atom. The lowest BCUT2D eigenvalue weighted by atomic mass is 10.0. The normalized spacial score (nSPS) is 14.9. The van der Waals surface area contributed by atoms with Crippen molar-refractivity contribution in [3.63, 3.8) is 0 Å². The number of halogens is 1. The van der Waals surface area contributed by atoms with Crippen molar-refractivity contribution in [2.75, 3.05) is 26.2 Å². The van der Waals surface area contributed by atoms with Crippen molar-refractivity contribution in [1.82, 2.24) is 15.2 Å². The lowest BCUT2D eigenvalue weighted by Crippen LogP contribution is -2.37. The quantitative estimate of drug-likeness (QED) is 0.679. The second-order valence-corrected chi connectivity index (χ2v) is 7.62. The molecule has 1 aliphatic rings. The van der Waals surface area contributed by atoms with Gasteiger partial charge in [0.05, 0.1) is 16.8 Å². The molecule has 2 heterocycles. The van der Waals surface area contributed by atoms with E-state index < -0.39 is 0 Å². The SMILES string of the molecule is O=C(NCCN1CCCCC1)c1cc(-c2ccccc2Cl)nc2ccccc12. The fourth-order valence-electron chi connectivity index (χ4n) is 3.78. The highest BCUT2D eigenvalue weighted by Gasteiger charge is 2.16. The Morgan fingerprint density at radius 3 is 2.61 bits per heavy atom. The maximum Gasteiger partial charge on any atom is 0.252 e. The second-order valence-electron chi connectivity index (χ2n) is 7.21. The summed E-state index contributed by atoms with van der Waals surface area (Å²) in [7, 11) is 0. The number of rotatable bonds is 5. The first kappa shape index (κ1) is 18.9. The van der Waals surface area contributed by atoms with Gasteiger partial charge in [-0.1, -0.05) is 54.4 Å². The van der Waals surface area contributed by atoms with Crippen LogP contribution in [0.2, 0.25) is 5.02 Å². The molecule has 1 fully saturated rings. The molecule has 1 aliphatic heterocycles. The van der Waals surface area contributed by atoms with E-state index in [1.165, 1.54) is 19.3 Å². The summed E-state index contributed by atoms with van der Waals surface area (Å²) in [4.78, 5) is 20.1. The molecule has 0 radical (unpaired) electrons. The Kier molecular flexibility index (Phi) is 5.89. The minimum absolute atomic E-state index is 0.0658. The molecule has 5 heteroatoms. The van der Waals surface area contributed by atoms with Crippen molar-refractivity contribution in [1.29, 1.82) is 0 Å². The van der Waals surface area contributed by atoms with E-state index in [1.807, 2.05) is 54.6 Å². The molecule has 4 rings (SSSR count). The van der Waals surface area contributed by atoms with Gasteiger partial charge in [0.15, 0.2) is 0 Å². The van der Waals surface area contributed by atoms with Crippen LogP contribution in [0.4, 0.5) is 0 Å². The van der Waals surface area contributed by atoms with Crippen LogP contribution >= 0.6 is 11.6 Å². The zero-order chi connectivity index (χ0) is 19.3. The molecule has 0 unspecified atom stereocenters. The van der Waals surface area contributed by atoms with E-state index in [0.29, 0.717) is 22.8 Å². The highest BCUT2D eigenvalue weighted by molar-refractivity contribution is 6.33. The van der Waals surface area contributed by atoms with Gasteiger partial charge < -0.3 is 10.2 Å². The van der Waals surface area contributed by atoms with Gasteiger partial charge in [-0.3, -0.25) is 4.79 Å². The van der Waals surface area contributed by atoms with Gasteiger partial charge in [-0.05, 0) is 44.1 Å². The monoisotopic (exact) mass is 393 g/mol. The number of aromatic nitrogens is 1. The number of carbonyl (C=O) groups excluding carboxylic acids is 1. The molecule has 1 amide bonds. The lowest BCUT2D eigenvalue weighted by Gasteiger charge is -2.26. The third-order valence-electron chi connectivity index (χ3n) is 5.27. The highest BCUT2D eigenvalue weighted by atomic mass is 35.5. The van der Waals surface area contributed by atoms with E-state index in [9.17, 15) is 4.79 Å². The van der Waals surface area contributed by atoms with Crippen LogP contribution in [0.3, 0.4) is 0 Å². The third kappa shape index (κ3) is 4.18. The Morgan fingerprint density at radius 1 is 1.04 bits per heavy atom. The van der Waals surface area contributed by atoms with Gasteiger partial charge in [-0.15, -0.1) is 0 Å². The predicted octanol–water partition coefficient (Wildman–Crippen LogP) is 4.77. The van der Waals surface area contributed by atoms with Gasteiger partial charge in [0.1, 0.15) is 0 Å². The van der Waals surface area contributed by atoms with Crippen molar-refractivity contribution >= 4 is 28.4 Å². The minimum atomic E-state index is -0.0658. The number of fused-ring (bicyclic) bond motifs is 1. The van der Waals surface area contributed by atoms with E-state index in [0.717, 1.165) is 36.1 Å². The molecule has 28 heavy (non-hydrogen) atoms. The number of hydrogen-bond acceptors (Lipinski definition) is 3. The van der Waals surface area contributed by atoms with Crippen molar-refractivity contribution in [3.8, 4) is 11.3 Å². The van der Waals surface area contributed by atoms with Gasteiger partial charge in [-0.25, -0.2) is 4.98 Å². The van der Waals surface area contributed by atoms with Gasteiger partial charge in [-0.2, -0.15) is 0 Å². The zero-order valence-electron chi connectivity index (χ0n) is 15.8. The maximum atomic E-state index is 13.0. The van der Waals surface area contributed by atoms with Crippen molar-refractivity contribution in [2.24, 2.45) is 0 Å². The topological polar surface area (TPSA) is 45.2 Å². The maximum absolute atomic E-state index is 13.0. The molecular formula is C23H24ClN3O. The van der Waals surface area contributed by atoms with Crippen LogP contribution in [0.5, 0.6) is 0 Å². The number of likely N-dealkylation sites (tertiary alicyclic amines) is 1. The lowest BCUT2D eigenvalue weighted by molar-refractivity contribution is 0.0948. The van der Waals surface area contributed by atoms with Crippen LogP contribution in [-0.4, -0.2) is 42.0 Å². The Balaban J connectivity index is 1.59. The zero-order valence-corrected chi connectivity index (χ0v) is 16.6. The smallest absolute Gasteiger partial charge is 0.252 e. The molecule has 1 aromatic heterocycles. The fourth-order valence-corrected chi connectivity index (χ4v) is 4.01. The van der Waals surface area contributed by atoms with E-state index >= 15 is 0 Å². The van der Waals surface area contributed by atoms with E-state index in [-0.39, 0.29) is 5.91 Å². The van der Waals surface area contributed by atoms with Gasteiger partial charge >= 0.3 is 0 Å². The van der Waals surface area contributed by atoms with E-state index in [4.69, 9.17) is 16.6 Å². The minimum Gasteiger partial charge on any atom is -0.351 e. The largest absolute Gasteiger partial charge is 0.351 e. The van der Waals surface area contributed by atoms with Crippen molar-refractivity contribution in [3.05, 3.63) is 65.2 Å². The van der Waals surface area contributed by atoms with Gasteiger partial charge in [0.2, 0.25) is 0 Å². The first-order valence-electron chi connectivity index (χ1n) is 9.87. The van der Waals surface area contributed by atoms with E-state index in [1.54, 1.807) is 0 Å². The van der Waals surface area contributed by atoms with E-state index in [2.05, 4.69) is 10.2 Å². The number of carbonyl (C=O) groups is 1. The molecule has 144 valence electrons. The van der Waals surface area contributed by atoms with Crippen LogP contribution in [0.25, 0.3) is 22.2 Å². The Bertz CT molecular complexity index is 982. The number of hydrogen-bond donors (Lipinski definition) is 1. The average Bonchev–Trinajstić information content (AvgIpc) is 2.74. The molecule has 3 aromatic rings. The number of piperidine rings is 1. The van der Waals surface area contributed by atoms with Gasteiger partial charge in [0, 0.05) is 29.1 Å². The summed E-state index contributed by atoms with van der Waals surface area (Å²) in [6.07, 6.45) is 3.82. The fraction of sp³-hybridized carbons (Fsp3) is 0.304. The molecule has 0 spiro atoms. The molecule has 0 atom stereocenters. The molecule has 0 saturated carbocycles. The summed E-state index contributed by atoms with van der Waals surface area (Å²) in [5, 5.41) is 4.57. The average molecular weight is 394 g/mol. The van der Waals surface area contributed by atoms with Crippen LogP contribution in [0, 0.1) is 0 Å². The first-order chi connectivity index (χ1) is 13.7. The standard InChI is InChI=1S/C23H24ClN3O/c24-20-10-4-2-9-18(20)22-16-19(17-8-3-5-11-21(17)26-22)23(28)25-12-15-27-13-6-1-7-14-27/h2-5,8-11,16H,1,6-7,12-15H2,(H,25,28). The third-order valence-corrected chi connectivity index (χ3v) is 5.60. The molecular weight excluding hydrogens is 370 g/mol.